The van der Waals surface area contributed by atoms with Crippen molar-refractivity contribution in [2.45, 2.75) is 32.9 Å². The van der Waals surface area contributed by atoms with Gasteiger partial charge in [0.25, 0.3) is 5.91 Å². The number of nitrogens with one attached hydrogen (secondary N) is 1. The van der Waals surface area contributed by atoms with Crippen LogP contribution in [-0.4, -0.2) is 21.9 Å². The first-order chi connectivity index (χ1) is 13.3. The number of halogens is 3. The summed E-state index contributed by atoms with van der Waals surface area (Å²) >= 11 is 0. The number of imidazole rings is 1. The monoisotopic (exact) mass is 391 g/mol. The van der Waals surface area contributed by atoms with Crippen LogP contribution in [0.2, 0.25) is 0 Å². The molecule has 8 heteroatoms. The lowest BCUT2D eigenvalue weighted by Crippen LogP contribution is -2.16. The Morgan fingerprint density at radius 1 is 1.18 bits per heavy atom. The topological polar surface area (TPSA) is 55.6 Å². The number of hydrogen-bond acceptors (Lipinski definition) is 3. The second-order valence-electron chi connectivity index (χ2n) is 6.37. The molecule has 0 spiro atoms. The molecule has 0 bridgehead atoms. The predicted octanol–water partition coefficient (Wildman–Crippen LogP) is 5.09. The van der Waals surface area contributed by atoms with Gasteiger partial charge < -0.3 is 10.1 Å². The summed E-state index contributed by atoms with van der Waals surface area (Å²) in [7, 11) is 0. The number of nitrogens with zero attached hydrogens (tertiary/aromatic N) is 2. The van der Waals surface area contributed by atoms with Crippen molar-refractivity contribution >= 4 is 17.2 Å². The van der Waals surface area contributed by atoms with Gasteiger partial charge in [-0.2, -0.15) is 13.2 Å². The molecule has 2 aromatic heterocycles. The molecule has 0 aliphatic rings. The Balaban J connectivity index is 1.82. The number of alkyl halides is 3. The molecule has 5 nitrogen and oxygen atoms in total. The molecule has 1 N–H and O–H groups in total. The van der Waals surface area contributed by atoms with E-state index in [2.05, 4.69) is 17.2 Å². The Kier molecular flexibility index (Phi) is 5.58. The van der Waals surface area contributed by atoms with E-state index in [-0.39, 0.29) is 11.3 Å². The van der Waals surface area contributed by atoms with Crippen molar-refractivity contribution in [3.05, 3.63) is 59.5 Å². The number of unbranched alkanes of at least 4 members (excludes halogenated alkanes) is 1. The van der Waals surface area contributed by atoms with Crippen LogP contribution >= 0.6 is 0 Å². The van der Waals surface area contributed by atoms with Crippen molar-refractivity contribution in [2.75, 3.05) is 11.9 Å². The minimum atomic E-state index is -4.51. The van der Waals surface area contributed by atoms with Crippen LogP contribution in [0.3, 0.4) is 0 Å². The highest BCUT2D eigenvalue weighted by atomic mass is 19.4. The zero-order valence-corrected chi connectivity index (χ0v) is 15.5. The van der Waals surface area contributed by atoms with Crippen LogP contribution in [0.5, 0.6) is 5.75 Å². The van der Waals surface area contributed by atoms with Crippen LogP contribution < -0.4 is 10.1 Å². The second kappa shape index (κ2) is 7.92. The molecule has 0 unspecified atom stereocenters. The van der Waals surface area contributed by atoms with Gasteiger partial charge in [-0.15, -0.1) is 0 Å². The molecule has 3 aromatic rings. The van der Waals surface area contributed by atoms with Gasteiger partial charge in [-0.05, 0) is 49.7 Å². The highest BCUT2D eigenvalue weighted by molar-refractivity contribution is 6.04. The van der Waals surface area contributed by atoms with Gasteiger partial charge in [-0.25, -0.2) is 4.98 Å². The normalized spacial score (nSPS) is 11.6. The summed E-state index contributed by atoms with van der Waals surface area (Å²) in [4.78, 5) is 16.9. The molecule has 0 aliphatic heterocycles. The summed E-state index contributed by atoms with van der Waals surface area (Å²) in [5.74, 6) is 0.149. The van der Waals surface area contributed by atoms with Crippen molar-refractivity contribution in [1.29, 1.82) is 0 Å². The van der Waals surface area contributed by atoms with Gasteiger partial charge in [-0.1, -0.05) is 13.3 Å². The number of amides is 1. The van der Waals surface area contributed by atoms with Crippen molar-refractivity contribution in [3.8, 4) is 5.75 Å². The van der Waals surface area contributed by atoms with Gasteiger partial charge in [-0.3, -0.25) is 9.20 Å². The Bertz CT molecular complexity index is 979. The lowest BCUT2D eigenvalue weighted by molar-refractivity contribution is -0.137. The zero-order chi connectivity index (χ0) is 20.3. The van der Waals surface area contributed by atoms with Crippen LogP contribution in [-0.2, 0) is 6.18 Å². The van der Waals surface area contributed by atoms with Crippen molar-refractivity contribution in [2.24, 2.45) is 0 Å². The first kappa shape index (κ1) is 19.7. The molecule has 0 saturated heterocycles. The molecule has 0 fully saturated rings. The van der Waals surface area contributed by atoms with Gasteiger partial charge in [0.05, 0.1) is 17.9 Å². The Hall–Kier alpha value is -3.03. The Labute approximate surface area is 160 Å². The van der Waals surface area contributed by atoms with Crippen LogP contribution in [0.1, 0.15) is 41.5 Å². The molecule has 1 aromatic carbocycles. The van der Waals surface area contributed by atoms with Crippen LogP contribution in [0.4, 0.5) is 18.9 Å². The molecule has 0 atom stereocenters. The van der Waals surface area contributed by atoms with Gasteiger partial charge in [0.2, 0.25) is 0 Å². The average Bonchev–Trinajstić information content (AvgIpc) is 2.97. The molecule has 0 aliphatic carbocycles. The summed E-state index contributed by atoms with van der Waals surface area (Å²) in [6.07, 6.45) is -1.64. The number of fused-ring (bicyclic) bond motifs is 1. The molecule has 0 saturated carbocycles. The highest BCUT2D eigenvalue weighted by Gasteiger charge is 2.31. The van der Waals surface area contributed by atoms with Gasteiger partial charge >= 0.3 is 6.18 Å². The number of aryl methyl sites for hydroxylation is 1. The predicted molar refractivity (Wildman–Crippen MR) is 99.7 cm³/mol. The fourth-order valence-corrected chi connectivity index (χ4v) is 2.76. The SMILES string of the molecule is CCCCOc1ccc(NC(=O)c2c(C)nc3ccc(C(F)(F)F)cn23)cc1. The lowest BCUT2D eigenvalue weighted by atomic mass is 10.2. The fraction of sp³-hybridized carbons (Fsp3) is 0.300. The quantitative estimate of drug-likeness (QED) is 0.596. The largest absolute Gasteiger partial charge is 0.494 e. The second-order valence-corrected chi connectivity index (χ2v) is 6.37. The van der Waals surface area contributed by atoms with E-state index in [1.165, 1.54) is 6.07 Å². The fourth-order valence-electron chi connectivity index (χ4n) is 2.76. The van der Waals surface area contributed by atoms with Crippen molar-refractivity contribution in [1.82, 2.24) is 9.38 Å². The number of pyridine rings is 1. The third-order valence-electron chi connectivity index (χ3n) is 4.21. The molecular weight excluding hydrogens is 371 g/mol. The number of carbonyl (C=O) groups is 1. The summed E-state index contributed by atoms with van der Waals surface area (Å²) in [5, 5.41) is 2.69. The van der Waals surface area contributed by atoms with E-state index in [1.807, 2.05) is 0 Å². The van der Waals surface area contributed by atoms with Crippen LogP contribution in [0.15, 0.2) is 42.6 Å². The first-order valence-corrected chi connectivity index (χ1v) is 8.89. The number of carbonyl (C=O) groups excluding carboxylic acids is 1. The molecule has 0 radical (unpaired) electrons. The number of rotatable bonds is 6. The summed E-state index contributed by atoms with van der Waals surface area (Å²) in [6.45, 7) is 4.27. The van der Waals surface area contributed by atoms with Crippen molar-refractivity contribution < 1.29 is 22.7 Å². The first-order valence-electron chi connectivity index (χ1n) is 8.89. The maximum Gasteiger partial charge on any atom is 0.417 e. The molecule has 148 valence electrons. The van der Waals surface area contributed by atoms with Gasteiger partial charge in [0, 0.05) is 11.9 Å². The van der Waals surface area contributed by atoms with Gasteiger partial charge in [0.15, 0.2) is 0 Å². The van der Waals surface area contributed by atoms with E-state index in [9.17, 15) is 18.0 Å². The zero-order valence-electron chi connectivity index (χ0n) is 15.5. The highest BCUT2D eigenvalue weighted by Crippen LogP contribution is 2.30. The van der Waals surface area contributed by atoms with E-state index in [4.69, 9.17) is 4.74 Å². The third-order valence-corrected chi connectivity index (χ3v) is 4.21. The molecular formula is C20H20F3N3O2. The standard InChI is InChI=1S/C20H20F3N3O2/c1-3-4-11-28-16-8-6-15(7-9-16)25-19(27)18-13(2)24-17-10-5-14(12-26(17)18)20(21,22)23/h5-10,12H,3-4,11H2,1-2H3,(H,25,27). The molecule has 2 heterocycles. The summed E-state index contributed by atoms with van der Waals surface area (Å²) in [5.41, 5.74) is 0.338. The number of ether oxygens (including phenoxy) is 1. The summed E-state index contributed by atoms with van der Waals surface area (Å²) in [6, 6.07) is 9.01. The minimum absolute atomic E-state index is 0.0596. The number of benzene rings is 1. The van der Waals surface area contributed by atoms with E-state index < -0.39 is 17.6 Å². The van der Waals surface area contributed by atoms with Crippen LogP contribution in [0.25, 0.3) is 5.65 Å². The van der Waals surface area contributed by atoms with Crippen molar-refractivity contribution in [3.63, 3.8) is 0 Å². The Morgan fingerprint density at radius 3 is 2.54 bits per heavy atom. The lowest BCUT2D eigenvalue weighted by Gasteiger charge is -2.10. The van der Waals surface area contributed by atoms with E-state index in [0.29, 0.717) is 23.7 Å². The number of aromatic nitrogens is 2. The number of anilines is 1. The molecule has 3 rings (SSSR count). The van der Waals surface area contributed by atoms with E-state index in [1.54, 1.807) is 31.2 Å². The Morgan fingerprint density at radius 2 is 1.89 bits per heavy atom. The van der Waals surface area contributed by atoms with E-state index in [0.717, 1.165) is 29.5 Å². The minimum Gasteiger partial charge on any atom is -0.494 e. The van der Waals surface area contributed by atoms with Gasteiger partial charge in [0.1, 0.15) is 17.1 Å². The smallest absolute Gasteiger partial charge is 0.417 e. The number of hydrogen-bond donors (Lipinski definition) is 1. The maximum absolute atomic E-state index is 13.0. The summed E-state index contributed by atoms with van der Waals surface area (Å²) < 4.78 is 45.7. The third kappa shape index (κ3) is 4.27. The maximum atomic E-state index is 13.0. The molecule has 1 amide bonds. The van der Waals surface area contributed by atoms with Crippen LogP contribution in [0, 0.1) is 6.92 Å². The van der Waals surface area contributed by atoms with E-state index >= 15 is 0 Å². The molecule has 28 heavy (non-hydrogen) atoms. The average molecular weight is 391 g/mol.